The highest BCUT2D eigenvalue weighted by molar-refractivity contribution is 5.79. The molecule has 0 aliphatic heterocycles. The maximum absolute atomic E-state index is 12.9. The summed E-state index contributed by atoms with van der Waals surface area (Å²) in [7, 11) is 1.81. The van der Waals surface area contributed by atoms with E-state index in [1.165, 1.54) is 12.1 Å². The van der Waals surface area contributed by atoms with E-state index in [2.05, 4.69) is 20.7 Å². The van der Waals surface area contributed by atoms with E-state index in [9.17, 15) is 9.50 Å². The zero-order chi connectivity index (χ0) is 18.3. The van der Waals surface area contributed by atoms with E-state index >= 15 is 0 Å². The summed E-state index contributed by atoms with van der Waals surface area (Å²) in [5.41, 5.74) is 0.682. The van der Waals surface area contributed by atoms with Crippen molar-refractivity contribution in [2.45, 2.75) is 25.9 Å². The van der Waals surface area contributed by atoms with Gasteiger partial charge in [-0.2, -0.15) is 5.10 Å². The number of aryl methyl sites for hydroxylation is 1. The lowest BCUT2D eigenvalue weighted by atomic mass is 10.0. The Kier molecular flexibility index (Phi) is 6.52. The Labute approximate surface area is 147 Å². The number of aliphatic hydroxyl groups is 1. The summed E-state index contributed by atoms with van der Waals surface area (Å²) < 4.78 is 14.6. The topological polar surface area (TPSA) is 74.5 Å². The fourth-order valence-corrected chi connectivity index (χ4v) is 2.34. The van der Waals surface area contributed by atoms with Crippen molar-refractivity contribution in [3.05, 3.63) is 53.6 Å². The number of hydrogen-bond acceptors (Lipinski definition) is 3. The predicted molar refractivity (Wildman–Crippen MR) is 96.9 cm³/mol. The smallest absolute Gasteiger partial charge is 0.191 e. The van der Waals surface area contributed by atoms with Gasteiger partial charge in [-0.15, -0.1) is 0 Å². The Balaban J connectivity index is 1.92. The molecular weight excluding hydrogens is 321 g/mol. The quantitative estimate of drug-likeness (QED) is 0.525. The van der Waals surface area contributed by atoms with Crippen LogP contribution < -0.4 is 10.6 Å². The molecule has 0 spiro atoms. The standard InChI is InChI=1S/C18H26FN5O/c1-4-20-17(21-10-9-14-5-7-16(19)8-6-14)22-13-18(2,25)15-11-23-24(3)12-15/h5-8,11-12,25H,4,9-10,13H2,1-3H3,(H2,20,21,22). The molecule has 0 radical (unpaired) electrons. The Morgan fingerprint density at radius 1 is 1.32 bits per heavy atom. The van der Waals surface area contributed by atoms with Crippen LogP contribution in [0.3, 0.4) is 0 Å². The van der Waals surface area contributed by atoms with Gasteiger partial charge >= 0.3 is 0 Å². The summed E-state index contributed by atoms with van der Waals surface area (Å²) in [6.07, 6.45) is 4.18. The van der Waals surface area contributed by atoms with Gasteiger partial charge in [-0.3, -0.25) is 4.68 Å². The van der Waals surface area contributed by atoms with Crippen molar-refractivity contribution < 1.29 is 9.50 Å². The maximum atomic E-state index is 12.9. The summed E-state index contributed by atoms with van der Waals surface area (Å²) in [6, 6.07) is 6.46. The average Bonchev–Trinajstić information content (AvgIpc) is 3.02. The van der Waals surface area contributed by atoms with Gasteiger partial charge in [-0.25, -0.2) is 9.38 Å². The number of guanidine groups is 1. The van der Waals surface area contributed by atoms with Gasteiger partial charge in [0.25, 0.3) is 0 Å². The van der Waals surface area contributed by atoms with Gasteiger partial charge in [0.2, 0.25) is 0 Å². The Morgan fingerprint density at radius 3 is 2.64 bits per heavy atom. The molecule has 1 aromatic carbocycles. The van der Waals surface area contributed by atoms with Crippen LogP contribution in [0.4, 0.5) is 4.39 Å². The lowest BCUT2D eigenvalue weighted by Crippen LogP contribution is -2.39. The Morgan fingerprint density at radius 2 is 2.04 bits per heavy atom. The SMILES string of the molecule is CCNC(=NCC(C)(O)c1cnn(C)c1)NCCc1ccc(F)cc1. The van der Waals surface area contributed by atoms with E-state index in [-0.39, 0.29) is 12.4 Å². The first-order valence-electron chi connectivity index (χ1n) is 8.39. The first-order valence-corrected chi connectivity index (χ1v) is 8.39. The second-order valence-electron chi connectivity index (χ2n) is 6.17. The van der Waals surface area contributed by atoms with Gasteiger partial charge in [-0.1, -0.05) is 12.1 Å². The molecule has 6 nitrogen and oxygen atoms in total. The summed E-state index contributed by atoms with van der Waals surface area (Å²) in [4.78, 5) is 4.46. The number of hydrogen-bond donors (Lipinski definition) is 3. The first-order chi connectivity index (χ1) is 11.9. The largest absolute Gasteiger partial charge is 0.383 e. The van der Waals surface area contributed by atoms with Crippen LogP contribution in [-0.2, 0) is 19.1 Å². The zero-order valence-corrected chi connectivity index (χ0v) is 15.0. The van der Waals surface area contributed by atoms with E-state index in [0.717, 1.165) is 24.1 Å². The van der Waals surface area contributed by atoms with E-state index in [4.69, 9.17) is 0 Å². The number of nitrogens with one attached hydrogen (secondary N) is 2. The number of rotatable bonds is 7. The molecule has 0 saturated carbocycles. The minimum absolute atomic E-state index is 0.213. The van der Waals surface area contributed by atoms with Crippen LogP contribution in [0.15, 0.2) is 41.7 Å². The molecule has 0 aliphatic carbocycles. The molecule has 3 N–H and O–H groups in total. The fraction of sp³-hybridized carbons (Fsp3) is 0.444. The average molecular weight is 347 g/mol. The molecule has 0 saturated heterocycles. The third kappa shape index (κ3) is 5.86. The third-order valence-electron chi connectivity index (χ3n) is 3.84. The van der Waals surface area contributed by atoms with Crippen molar-refractivity contribution in [3.8, 4) is 0 Å². The summed E-state index contributed by atoms with van der Waals surface area (Å²) in [5, 5.41) is 21.1. The molecular formula is C18H26FN5O. The zero-order valence-electron chi connectivity index (χ0n) is 15.0. The number of aliphatic imine (C=N–C) groups is 1. The monoisotopic (exact) mass is 347 g/mol. The van der Waals surface area contributed by atoms with Gasteiger partial charge in [0.1, 0.15) is 11.4 Å². The number of halogens is 1. The number of nitrogens with zero attached hydrogens (tertiary/aromatic N) is 3. The number of benzene rings is 1. The van der Waals surface area contributed by atoms with Crippen LogP contribution in [0, 0.1) is 5.82 Å². The van der Waals surface area contributed by atoms with Crippen molar-refractivity contribution in [1.29, 1.82) is 0 Å². The van der Waals surface area contributed by atoms with Crippen LogP contribution in [0.5, 0.6) is 0 Å². The number of aromatic nitrogens is 2. The summed E-state index contributed by atoms with van der Waals surface area (Å²) in [5.74, 6) is 0.401. The van der Waals surface area contributed by atoms with Crippen LogP contribution in [0.1, 0.15) is 25.0 Å². The van der Waals surface area contributed by atoms with E-state index < -0.39 is 5.60 Å². The van der Waals surface area contributed by atoms with Crippen LogP contribution >= 0.6 is 0 Å². The van der Waals surface area contributed by atoms with Crippen molar-refractivity contribution >= 4 is 5.96 Å². The minimum atomic E-state index is -1.09. The lowest BCUT2D eigenvalue weighted by molar-refractivity contribution is 0.0672. The van der Waals surface area contributed by atoms with Crippen LogP contribution in [-0.4, -0.2) is 40.5 Å². The molecule has 1 heterocycles. The van der Waals surface area contributed by atoms with Crippen LogP contribution in [0.25, 0.3) is 0 Å². The second-order valence-corrected chi connectivity index (χ2v) is 6.17. The van der Waals surface area contributed by atoms with Crippen molar-refractivity contribution in [2.24, 2.45) is 12.0 Å². The fourth-order valence-electron chi connectivity index (χ4n) is 2.34. The normalized spacial score (nSPS) is 14.2. The van der Waals surface area contributed by atoms with E-state index in [1.54, 1.807) is 36.1 Å². The summed E-state index contributed by atoms with van der Waals surface area (Å²) >= 11 is 0. The molecule has 2 aromatic rings. The van der Waals surface area contributed by atoms with E-state index in [0.29, 0.717) is 12.5 Å². The predicted octanol–water partition coefficient (Wildman–Crippen LogP) is 1.56. The molecule has 7 heteroatoms. The first kappa shape index (κ1) is 18.9. The molecule has 1 unspecified atom stereocenters. The lowest BCUT2D eigenvalue weighted by Gasteiger charge is -2.20. The van der Waals surface area contributed by atoms with Crippen LogP contribution in [0.2, 0.25) is 0 Å². The van der Waals surface area contributed by atoms with E-state index in [1.807, 2.05) is 14.0 Å². The maximum Gasteiger partial charge on any atom is 0.191 e. The highest BCUT2D eigenvalue weighted by atomic mass is 19.1. The molecule has 1 aromatic heterocycles. The van der Waals surface area contributed by atoms with Gasteiger partial charge < -0.3 is 15.7 Å². The molecule has 0 aliphatic rings. The molecule has 1 atom stereocenters. The minimum Gasteiger partial charge on any atom is -0.383 e. The molecule has 0 bridgehead atoms. The Hall–Kier alpha value is -2.41. The van der Waals surface area contributed by atoms with Gasteiger partial charge in [0.15, 0.2) is 5.96 Å². The molecule has 2 rings (SSSR count). The van der Waals surface area contributed by atoms with Gasteiger partial charge in [0.05, 0.1) is 12.7 Å². The highest BCUT2D eigenvalue weighted by Crippen LogP contribution is 2.19. The van der Waals surface area contributed by atoms with Crippen molar-refractivity contribution in [1.82, 2.24) is 20.4 Å². The molecule has 136 valence electrons. The second kappa shape index (κ2) is 8.62. The Bertz CT molecular complexity index is 694. The highest BCUT2D eigenvalue weighted by Gasteiger charge is 2.24. The third-order valence-corrected chi connectivity index (χ3v) is 3.84. The molecule has 0 fully saturated rings. The van der Waals surface area contributed by atoms with Crippen molar-refractivity contribution in [3.63, 3.8) is 0 Å². The summed E-state index contributed by atoms with van der Waals surface area (Å²) in [6.45, 7) is 5.29. The van der Waals surface area contributed by atoms with Crippen molar-refractivity contribution in [2.75, 3.05) is 19.6 Å². The van der Waals surface area contributed by atoms with Gasteiger partial charge in [0, 0.05) is 31.9 Å². The molecule has 0 amide bonds. The van der Waals surface area contributed by atoms with Gasteiger partial charge in [-0.05, 0) is 38.0 Å². The molecule has 25 heavy (non-hydrogen) atoms.